The lowest BCUT2D eigenvalue weighted by molar-refractivity contribution is -0.135. The highest BCUT2D eigenvalue weighted by atomic mass is 32.2. The Hall–Kier alpha value is -3.29. The summed E-state index contributed by atoms with van der Waals surface area (Å²) >= 11 is 0. The summed E-state index contributed by atoms with van der Waals surface area (Å²) in [5, 5.41) is 24.8. The van der Waals surface area contributed by atoms with Crippen molar-refractivity contribution < 1.29 is 36.2 Å². The summed E-state index contributed by atoms with van der Waals surface area (Å²) in [6, 6.07) is 9.36. The Labute approximate surface area is 224 Å². The van der Waals surface area contributed by atoms with Crippen molar-refractivity contribution in [3.05, 3.63) is 70.7 Å². The SMILES string of the molecule is CS(=O)(=O)Cc1ccc2c(c1)S(=O)(=O)N=C(C1=C(O)C3C([C@H]4CC(O)[C@H]3C4)N(Cc3ccc(F)cc3)C1=O)N2. The molecule has 206 valence electrons. The van der Waals surface area contributed by atoms with E-state index in [-0.39, 0.29) is 57.4 Å². The summed E-state index contributed by atoms with van der Waals surface area (Å²) in [5.41, 5.74) is 0.709. The third-order valence-corrected chi connectivity index (χ3v) is 10.2. The summed E-state index contributed by atoms with van der Waals surface area (Å²) in [7, 11) is -7.78. The highest BCUT2D eigenvalue weighted by molar-refractivity contribution is 7.90. The van der Waals surface area contributed by atoms with Crippen molar-refractivity contribution in [3.63, 3.8) is 0 Å². The van der Waals surface area contributed by atoms with Crippen LogP contribution in [-0.4, -0.2) is 62.1 Å². The fourth-order valence-corrected chi connectivity index (χ4v) is 8.52. The van der Waals surface area contributed by atoms with E-state index in [4.69, 9.17) is 0 Å². The first kappa shape index (κ1) is 26.0. The van der Waals surface area contributed by atoms with E-state index >= 15 is 0 Å². The number of sulfonamides is 1. The number of aliphatic hydroxyl groups is 2. The molecule has 6 rings (SSSR count). The number of amides is 1. The lowest BCUT2D eigenvalue weighted by Crippen LogP contribution is -2.55. The van der Waals surface area contributed by atoms with Gasteiger partial charge in [0.05, 0.1) is 17.5 Å². The minimum absolute atomic E-state index is 0.0536. The van der Waals surface area contributed by atoms with Gasteiger partial charge in [0.2, 0.25) is 0 Å². The maximum absolute atomic E-state index is 13.9. The molecule has 2 aliphatic heterocycles. The normalized spacial score (nSPS) is 29.1. The van der Waals surface area contributed by atoms with Crippen molar-refractivity contribution in [2.24, 2.45) is 22.2 Å². The molecule has 2 saturated carbocycles. The molecule has 10 nitrogen and oxygen atoms in total. The van der Waals surface area contributed by atoms with Gasteiger partial charge in [-0.1, -0.05) is 18.2 Å². The molecule has 3 unspecified atom stereocenters. The Morgan fingerprint density at radius 2 is 1.82 bits per heavy atom. The lowest BCUT2D eigenvalue weighted by Gasteiger charge is -2.45. The molecule has 13 heteroatoms. The van der Waals surface area contributed by atoms with Crippen LogP contribution in [0, 0.1) is 23.6 Å². The molecular formula is C26H26FN3O7S2. The first-order chi connectivity index (χ1) is 18.3. The van der Waals surface area contributed by atoms with E-state index in [1.54, 1.807) is 17.0 Å². The zero-order valence-electron chi connectivity index (χ0n) is 20.8. The molecule has 3 N–H and O–H groups in total. The monoisotopic (exact) mass is 575 g/mol. The molecule has 2 aliphatic carbocycles. The number of aliphatic hydroxyl groups excluding tert-OH is 2. The van der Waals surface area contributed by atoms with E-state index in [1.807, 2.05) is 0 Å². The average Bonchev–Trinajstić information content (AvgIpc) is 3.40. The van der Waals surface area contributed by atoms with Crippen LogP contribution in [0.2, 0.25) is 0 Å². The van der Waals surface area contributed by atoms with Gasteiger partial charge in [-0.15, -0.1) is 4.40 Å². The number of nitrogens with zero attached hydrogens (tertiary/aromatic N) is 2. The van der Waals surface area contributed by atoms with Crippen LogP contribution in [0.1, 0.15) is 24.0 Å². The van der Waals surface area contributed by atoms with E-state index in [9.17, 15) is 36.2 Å². The summed E-state index contributed by atoms with van der Waals surface area (Å²) in [4.78, 5) is 15.2. The van der Waals surface area contributed by atoms with Crippen LogP contribution < -0.4 is 5.32 Å². The van der Waals surface area contributed by atoms with Crippen LogP contribution in [0.15, 0.2) is 63.1 Å². The van der Waals surface area contributed by atoms with Crippen LogP contribution in [0.25, 0.3) is 0 Å². The van der Waals surface area contributed by atoms with Crippen LogP contribution in [0.3, 0.4) is 0 Å². The standard InChI is InChI=1S/C26H26FN3O7S2/c1-38(34,35)12-14-4-7-18-20(8-14)39(36,37)29-25(28-18)22-24(32)21-17-9-15(10-19(17)31)23(21)30(26(22)33)11-13-2-5-16(27)6-3-13/h2-8,15,17,19,21,23,31-32H,9-12H2,1H3,(H,28,29)/t15-,17-,19?,21?,23?/m1/s1. The van der Waals surface area contributed by atoms with E-state index in [2.05, 4.69) is 9.71 Å². The maximum Gasteiger partial charge on any atom is 0.286 e. The van der Waals surface area contributed by atoms with Crippen LogP contribution in [0.5, 0.6) is 0 Å². The lowest BCUT2D eigenvalue weighted by atomic mass is 9.76. The van der Waals surface area contributed by atoms with Crippen molar-refractivity contribution in [2.75, 3.05) is 11.6 Å². The first-order valence-electron chi connectivity index (χ1n) is 12.4. The number of hydrogen-bond donors (Lipinski definition) is 3. The number of carbonyl (C=O) groups is 1. The molecule has 39 heavy (non-hydrogen) atoms. The van der Waals surface area contributed by atoms with Gasteiger partial charge >= 0.3 is 0 Å². The highest BCUT2D eigenvalue weighted by Crippen LogP contribution is 2.55. The number of rotatable bonds is 5. The van der Waals surface area contributed by atoms with Gasteiger partial charge in [0, 0.05) is 24.8 Å². The number of hydrogen-bond acceptors (Lipinski definition) is 8. The van der Waals surface area contributed by atoms with Crippen LogP contribution in [-0.2, 0) is 37.0 Å². The fourth-order valence-electron chi connectivity index (χ4n) is 6.56. The third-order valence-electron chi connectivity index (χ3n) is 8.05. The van der Waals surface area contributed by atoms with Gasteiger partial charge in [-0.3, -0.25) is 4.79 Å². The zero-order chi connectivity index (χ0) is 27.9. The fraction of sp³-hybridized carbons (Fsp3) is 0.385. The molecule has 2 bridgehead atoms. The van der Waals surface area contributed by atoms with Gasteiger partial charge in [-0.25, -0.2) is 12.8 Å². The number of benzene rings is 2. The number of sulfone groups is 1. The summed E-state index contributed by atoms with van der Waals surface area (Å²) in [5.74, 6) is -3.05. The Morgan fingerprint density at radius 1 is 1.13 bits per heavy atom. The van der Waals surface area contributed by atoms with Gasteiger partial charge in [0.15, 0.2) is 15.7 Å². The molecule has 0 aromatic heterocycles. The molecule has 2 fully saturated rings. The van der Waals surface area contributed by atoms with Crippen molar-refractivity contribution in [1.82, 2.24) is 4.90 Å². The average molecular weight is 576 g/mol. The van der Waals surface area contributed by atoms with Crippen molar-refractivity contribution in [1.29, 1.82) is 0 Å². The zero-order valence-corrected chi connectivity index (χ0v) is 22.4. The second-order valence-corrected chi connectivity index (χ2v) is 14.5. The van der Waals surface area contributed by atoms with Crippen molar-refractivity contribution in [3.8, 4) is 0 Å². The summed E-state index contributed by atoms with van der Waals surface area (Å²) in [6.07, 6.45) is 1.46. The highest BCUT2D eigenvalue weighted by Gasteiger charge is 2.60. The number of nitrogens with one attached hydrogen (secondary N) is 1. The minimum atomic E-state index is -4.37. The van der Waals surface area contributed by atoms with E-state index in [1.165, 1.54) is 30.3 Å². The Morgan fingerprint density at radius 3 is 2.51 bits per heavy atom. The number of fused-ring (bicyclic) bond motifs is 6. The molecule has 2 aromatic rings. The second kappa shape index (κ2) is 8.86. The van der Waals surface area contributed by atoms with E-state index in [0.29, 0.717) is 18.4 Å². The molecular weight excluding hydrogens is 549 g/mol. The number of carbonyl (C=O) groups excluding carboxylic acids is 1. The molecule has 2 aromatic carbocycles. The number of halogens is 1. The van der Waals surface area contributed by atoms with Gasteiger partial charge in [0.1, 0.15) is 22.0 Å². The van der Waals surface area contributed by atoms with Crippen molar-refractivity contribution >= 4 is 37.3 Å². The topological polar surface area (TPSA) is 153 Å². The molecule has 0 radical (unpaired) electrons. The second-order valence-electron chi connectivity index (χ2n) is 10.7. The predicted octanol–water partition coefficient (Wildman–Crippen LogP) is 2.12. The Balaban J connectivity index is 1.42. The van der Waals surface area contributed by atoms with Gasteiger partial charge < -0.3 is 20.4 Å². The van der Waals surface area contributed by atoms with Gasteiger partial charge in [0.25, 0.3) is 15.9 Å². The van der Waals surface area contributed by atoms with E-state index < -0.39 is 49.6 Å². The van der Waals surface area contributed by atoms with Crippen LogP contribution >= 0.6 is 0 Å². The molecule has 4 aliphatic rings. The summed E-state index contributed by atoms with van der Waals surface area (Å²) < 4.78 is 67.1. The third kappa shape index (κ3) is 4.42. The molecule has 1 amide bonds. The Bertz CT molecular complexity index is 1670. The quantitative estimate of drug-likeness (QED) is 0.490. The molecule has 0 spiro atoms. The van der Waals surface area contributed by atoms with Gasteiger partial charge in [-0.2, -0.15) is 8.42 Å². The molecule has 2 heterocycles. The maximum atomic E-state index is 13.9. The van der Waals surface area contributed by atoms with E-state index in [0.717, 1.165) is 6.26 Å². The first-order valence-corrected chi connectivity index (χ1v) is 15.9. The molecule has 0 saturated heterocycles. The predicted molar refractivity (Wildman–Crippen MR) is 139 cm³/mol. The Kier molecular flexibility index (Phi) is 5.90. The van der Waals surface area contributed by atoms with Crippen molar-refractivity contribution in [2.45, 2.75) is 42.2 Å². The van der Waals surface area contributed by atoms with Crippen LogP contribution in [0.4, 0.5) is 10.1 Å². The number of amidine groups is 1. The number of anilines is 1. The summed E-state index contributed by atoms with van der Waals surface area (Å²) in [6.45, 7) is 0.0991. The minimum Gasteiger partial charge on any atom is -0.511 e. The molecule has 5 atom stereocenters. The smallest absolute Gasteiger partial charge is 0.286 e. The van der Waals surface area contributed by atoms with Gasteiger partial charge in [-0.05, 0) is 60.1 Å². The largest absolute Gasteiger partial charge is 0.511 e.